The predicted octanol–water partition coefficient (Wildman–Crippen LogP) is 6.88. The van der Waals surface area contributed by atoms with E-state index in [0.29, 0.717) is 21.4 Å². The predicted molar refractivity (Wildman–Crippen MR) is 139 cm³/mol. The number of carbonyl (C=O) groups excluding carboxylic acids is 2. The van der Waals surface area contributed by atoms with Gasteiger partial charge in [-0.1, -0.05) is 64.9 Å². The fraction of sp³-hybridized carbons (Fsp3) is 0.0833. The lowest BCUT2D eigenvalue weighted by Crippen LogP contribution is -2.19. The zero-order chi connectivity index (χ0) is 24.1. The largest absolute Gasteiger partial charge is 0.322 e. The molecule has 4 aromatic rings. The second-order valence-corrected chi connectivity index (χ2v) is 10.3. The van der Waals surface area contributed by atoms with E-state index in [9.17, 15) is 9.59 Å². The Hall–Kier alpha value is -2.91. The highest BCUT2D eigenvalue weighted by molar-refractivity contribution is 8.00. The average Bonchev–Trinajstić information content (AvgIpc) is 3.23. The van der Waals surface area contributed by atoms with Crippen molar-refractivity contribution in [3.63, 3.8) is 0 Å². The van der Waals surface area contributed by atoms with Crippen LogP contribution < -0.4 is 10.6 Å². The number of thioether (sulfide) groups is 1. The van der Waals surface area contributed by atoms with Crippen molar-refractivity contribution < 1.29 is 9.59 Å². The van der Waals surface area contributed by atoms with Crippen molar-refractivity contribution in [1.82, 2.24) is 10.2 Å². The SMILES string of the molecule is Cc1nnc(NC(=O)C(Sc2ccc(NC(=O)c3ccc(Cl)cc3Cl)cc2)c2ccccc2)s1. The van der Waals surface area contributed by atoms with Gasteiger partial charge >= 0.3 is 0 Å². The first-order valence-electron chi connectivity index (χ1n) is 10.1. The van der Waals surface area contributed by atoms with Gasteiger partial charge in [0.25, 0.3) is 5.91 Å². The Morgan fingerprint density at radius 2 is 1.68 bits per heavy atom. The summed E-state index contributed by atoms with van der Waals surface area (Å²) in [5.74, 6) is -0.530. The Labute approximate surface area is 214 Å². The first-order valence-corrected chi connectivity index (χ1v) is 12.5. The normalized spacial score (nSPS) is 11.6. The highest BCUT2D eigenvalue weighted by Crippen LogP contribution is 2.37. The topological polar surface area (TPSA) is 84.0 Å². The number of nitrogens with one attached hydrogen (secondary N) is 2. The van der Waals surface area contributed by atoms with Gasteiger partial charge in [0.1, 0.15) is 10.3 Å². The molecule has 172 valence electrons. The number of aryl methyl sites for hydroxylation is 1. The summed E-state index contributed by atoms with van der Waals surface area (Å²) in [6, 6.07) is 21.5. The maximum Gasteiger partial charge on any atom is 0.257 e. The van der Waals surface area contributed by atoms with Crippen LogP contribution in [-0.2, 0) is 4.79 Å². The van der Waals surface area contributed by atoms with E-state index in [1.165, 1.54) is 29.2 Å². The van der Waals surface area contributed by atoms with E-state index in [2.05, 4.69) is 20.8 Å². The van der Waals surface area contributed by atoms with Crippen molar-refractivity contribution >= 4 is 68.9 Å². The minimum Gasteiger partial charge on any atom is -0.322 e. The molecule has 0 spiro atoms. The number of amides is 2. The summed E-state index contributed by atoms with van der Waals surface area (Å²) in [5.41, 5.74) is 1.80. The Morgan fingerprint density at radius 1 is 0.941 bits per heavy atom. The number of anilines is 2. The van der Waals surface area contributed by atoms with Crippen LogP contribution in [0.1, 0.15) is 26.2 Å². The third-order valence-corrected chi connectivity index (χ3v) is 7.21. The van der Waals surface area contributed by atoms with Crippen LogP contribution in [0.25, 0.3) is 0 Å². The first kappa shape index (κ1) is 24.2. The highest BCUT2D eigenvalue weighted by atomic mass is 35.5. The van der Waals surface area contributed by atoms with Crippen LogP contribution in [0.2, 0.25) is 10.0 Å². The van der Waals surface area contributed by atoms with Gasteiger partial charge in [-0.3, -0.25) is 14.9 Å². The molecule has 0 aliphatic rings. The Kier molecular flexibility index (Phi) is 7.84. The van der Waals surface area contributed by atoms with Gasteiger partial charge in [0.15, 0.2) is 0 Å². The molecule has 1 aromatic heterocycles. The molecule has 1 heterocycles. The fourth-order valence-electron chi connectivity index (χ4n) is 3.04. The molecule has 10 heteroatoms. The Bertz CT molecular complexity index is 1310. The second-order valence-electron chi connectivity index (χ2n) is 7.13. The number of halogens is 2. The van der Waals surface area contributed by atoms with E-state index >= 15 is 0 Å². The average molecular weight is 529 g/mol. The number of benzene rings is 3. The van der Waals surface area contributed by atoms with Gasteiger partial charge < -0.3 is 5.32 Å². The Morgan fingerprint density at radius 3 is 2.32 bits per heavy atom. The van der Waals surface area contributed by atoms with Crippen LogP contribution in [0.5, 0.6) is 0 Å². The lowest BCUT2D eigenvalue weighted by Gasteiger charge is -2.16. The van der Waals surface area contributed by atoms with Gasteiger partial charge in [-0.2, -0.15) is 0 Å². The van der Waals surface area contributed by atoms with Crippen LogP contribution >= 0.6 is 46.3 Å². The summed E-state index contributed by atoms with van der Waals surface area (Å²) in [6.45, 7) is 1.83. The van der Waals surface area contributed by atoms with Crippen molar-refractivity contribution in [3.05, 3.63) is 99.0 Å². The summed E-state index contributed by atoms with van der Waals surface area (Å²) in [5, 5.41) is 15.1. The quantitative estimate of drug-likeness (QED) is 0.255. The summed E-state index contributed by atoms with van der Waals surface area (Å²) in [4.78, 5) is 26.5. The van der Waals surface area contributed by atoms with Crippen LogP contribution in [0.15, 0.2) is 77.7 Å². The highest BCUT2D eigenvalue weighted by Gasteiger charge is 2.23. The van der Waals surface area contributed by atoms with E-state index in [1.54, 1.807) is 24.3 Å². The number of aromatic nitrogens is 2. The zero-order valence-electron chi connectivity index (χ0n) is 17.8. The molecule has 0 radical (unpaired) electrons. The number of hydrogen-bond acceptors (Lipinski definition) is 6. The number of hydrogen-bond donors (Lipinski definition) is 2. The van der Waals surface area contributed by atoms with E-state index in [4.69, 9.17) is 23.2 Å². The summed E-state index contributed by atoms with van der Waals surface area (Å²) in [6.07, 6.45) is 0. The van der Waals surface area contributed by atoms with Crippen LogP contribution in [0.4, 0.5) is 10.8 Å². The minimum absolute atomic E-state index is 0.192. The molecule has 1 unspecified atom stereocenters. The first-order chi connectivity index (χ1) is 16.4. The molecule has 2 amide bonds. The zero-order valence-corrected chi connectivity index (χ0v) is 20.9. The third-order valence-electron chi connectivity index (χ3n) is 4.64. The molecular weight excluding hydrogens is 511 g/mol. The summed E-state index contributed by atoms with van der Waals surface area (Å²) in [7, 11) is 0. The summed E-state index contributed by atoms with van der Waals surface area (Å²) >= 11 is 14.7. The van der Waals surface area contributed by atoms with Gasteiger partial charge in [-0.05, 0) is 55.0 Å². The summed E-state index contributed by atoms with van der Waals surface area (Å²) < 4.78 is 0. The van der Waals surface area contributed by atoms with Crippen molar-refractivity contribution in [2.24, 2.45) is 0 Å². The molecule has 0 fully saturated rings. The molecule has 0 bridgehead atoms. The molecule has 1 atom stereocenters. The molecule has 2 N–H and O–H groups in total. The van der Waals surface area contributed by atoms with Gasteiger partial charge in [-0.15, -0.1) is 22.0 Å². The smallest absolute Gasteiger partial charge is 0.257 e. The van der Waals surface area contributed by atoms with Gasteiger partial charge in [0.05, 0.1) is 10.6 Å². The monoisotopic (exact) mass is 528 g/mol. The van der Waals surface area contributed by atoms with E-state index in [1.807, 2.05) is 49.4 Å². The van der Waals surface area contributed by atoms with Gasteiger partial charge in [-0.25, -0.2) is 0 Å². The molecule has 3 aromatic carbocycles. The van der Waals surface area contributed by atoms with Gasteiger partial charge in [0, 0.05) is 15.6 Å². The third kappa shape index (κ3) is 6.15. The van der Waals surface area contributed by atoms with Crippen molar-refractivity contribution in [2.45, 2.75) is 17.1 Å². The van der Waals surface area contributed by atoms with Gasteiger partial charge in [0.2, 0.25) is 11.0 Å². The number of carbonyl (C=O) groups is 2. The molecule has 6 nitrogen and oxygen atoms in total. The number of nitrogens with zero attached hydrogens (tertiary/aromatic N) is 2. The van der Waals surface area contributed by atoms with Crippen LogP contribution in [0, 0.1) is 6.92 Å². The molecular formula is C24H18Cl2N4O2S2. The standard InChI is InChI=1S/C24H18Cl2N4O2S2/c1-14-29-30-24(33-14)28-23(32)21(15-5-3-2-4-6-15)34-18-10-8-17(9-11-18)27-22(31)19-12-7-16(25)13-20(19)26/h2-13,21H,1H3,(H,27,31)(H,28,30,32). The molecule has 0 aliphatic heterocycles. The van der Waals surface area contributed by atoms with Crippen LogP contribution in [0.3, 0.4) is 0 Å². The second kappa shape index (κ2) is 11.0. The van der Waals surface area contributed by atoms with E-state index in [-0.39, 0.29) is 16.8 Å². The van der Waals surface area contributed by atoms with E-state index in [0.717, 1.165) is 15.5 Å². The molecule has 34 heavy (non-hydrogen) atoms. The van der Waals surface area contributed by atoms with Crippen molar-refractivity contribution in [2.75, 3.05) is 10.6 Å². The fourth-order valence-corrected chi connectivity index (χ4v) is 5.16. The molecule has 0 saturated carbocycles. The molecule has 0 aliphatic carbocycles. The maximum absolute atomic E-state index is 13.1. The van der Waals surface area contributed by atoms with Crippen LogP contribution in [-0.4, -0.2) is 22.0 Å². The van der Waals surface area contributed by atoms with Crippen molar-refractivity contribution in [1.29, 1.82) is 0 Å². The molecule has 0 saturated heterocycles. The Balaban J connectivity index is 1.48. The maximum atomic E-state index is 13.1. The molecule has 4 rings (SSSR count). The van der Waals surface area contributed by atoms with E-state index < -0.39 is 5.25 Å². The van der Waals surface area contributed by atoms with Crippen molar-refractivity contribution in [3.8, 4) is 0 Å². The minimum atomic E-state index is -0.501. The number of rotatable bonds is 7. The lowest BCUT2D eigenvalue weighted by atomic mass is 10.1. The lowest BCUT2D eigenvalue weighted by molar-refractivity contribution is -0.115.